The number of anilines is 1. The molecule has 2 rings (SSSR count). The highest BCUT2D eigenvalue weighted by Crippen LogP contribution is 2.35. The number of hydrogen-bond acceptors (Lipinski definition) is 6. The first-order valence-corrected chi connectivity index (χ1v) is 8.63. The number of carbonyl (C=O) groups excluding carboxylic acids is 2. The van der Waals surface area contributed by atoms with Gasteiger partial charge in [0.15, 0.2) is 0 Å². The number of ether oxygens (including phenoxy) is 1. The van der Waals surface area contributed by atoms with Crippen molar-refractivity contribution >= 4 is 40.9 Å². The van der Waals surface area contributed by atoms with Crippen LogP contribution in [-0.2, 0) is 9.59 Å². The van der Waals surface area contributed by atoms with Crippen molar-refractivity contribution < 1.29 is 34.1 Å². The van der Waals surface area contributed by atoms with Crippen molar-refractivity contribution in [3.05, 3.63) is 35.2 Å². The maximum atomic E-state index is 12.1. The number of carboxylic acid groups (broad SMARTS) is 2. The number of nitrogens with one attached hydrogen (secondary N) is 2. The fraction of sp³-hybridized carbons (Fsp3) is 0.176. The molecule has 0 fully saturated rings. The van der Waals surface area contributed by atoms with Gasteiger partial charge in [0, 0.05) is 4.88 Å². The number of carboxylic acids is 2. The van der Waals surface area contributed by atoms with Crippen LogP contribution in [0.1, 0.15) is 16.1 Å². The van der Waals surface area contributed by atoms with Crippen LogP contribution in [0, 0.1) is 0 Å². The lowest BCUT2D eigenvalue weighted by atomic mass is 10.2. The van der Waals surface area contributed by atoms with Gasteiger partial charge in [0.25, 0.3) is 0 Å². The Labute approximate surface area is 162 Å². The molecule has 28 heavy (non-hydrogen) atoms. The normalized spacial score (nSPS) is 11.3. The maximum absolute atomic E-state index is 12.1. The number of nitrogens with two attached hydrogens (primary N) is 1. The molecule has 1 aromatic carbocycles. The molecule has 10 nitrogen and oxygen atoms in total. The van der Waals surface area contributed by atoms with E-state index in [2.05, 4.69) is 10.6 Å². The van der Waals surface area contributed by atoms with Gasteiger partial charge in [0.05, 0.1) is 19.2 Å². The molecule has 0 aliphatic rings. The molecule has 0 saturated carbocycles. The van der Waals surface area contributed by atoms with Crippen molar-refractivity contribution in [1.29, 1.82) is 0 Å². The number of benzene rings is 1. The molecule has 0 unspecified atom stereocenters. The van der Waals surface area contributed by atoms with E-state index in [4.69, 9.17) is 15.6 Å². The molecule has 148 valence electrons. The molecule has 0 aliphatic carbocycles. The minimum absolute atomic E-state index is 0.0102. The summed E-state index contributed by atoms with van der Waals surface area (Å²) in [6, 6.07) is 5.81. The number of urea groups is 1. The summed E-state index contributed by atoms with van der Waals surface area (Å²) in [5.41, 5.74) is 5.65. The number of amides is 3. The van der Waals surface area contributed by atoms with E-state index < -0.39 is 36.3 Å². The minimum atomic E-state index is -1.54. The molecular formula is C17H17N3O7S. The minimum Gasteiger partial charge on any atom is -0.497 e. The molecule has 0 radical (unpaired) electrons. The van der Waals surface area contributed by atoms with Crippen molar-refractivity contribution in [2.24, 2.45) is 5.73 Å². The first-order chi connectivity index (χ1) is 13.2. The van der Waals surface area contributed by atoms with Crippen molar-refractivity contribution in [3.63, 3.8) is 0 Å². The summed E-state index contributed by atoms with van der Waals surface area (Å²) < 4.78 is 5.07. The third-order valence-corrected chi connectivity index (χ3v) is 4.73. The lowest BCUT2D eigenvalue weighted by Gasteiger charge is -2.13. The number of methoxy groups -OCH3 is 1. The van der Waals surface area contributed by atoms with Gasteiger partial charge in [-0.1, -0.05) is 0 Å². The third-order valence-electron chi connectivity index (χ3n) is 3.56. The zero-order valence-corrected chi connectivity index (χ0v) is 15.4. The van der Waals surface area contributed by atoms with E-state index in [1.54, 1.807) is 24.3 Å². The Morgan fingerprint density at radius 1 is 1.18 bits per heavy atom. The van der Waals surface area contributed by atoms with Crippen LogP contribution in [0.3, 0.4) is 0 Å². The second-order valence-electron chi connectivity index (χ2n) is 5.55. The lowest BCUT2D eigenvalue weighted by Crippen LogP contribution is -2.45. The van der Waals surface area contributed by atoms with Crippen LogP contribution in [-0.4, -0.2) is 47.2 Å². The van der Waals surface area contributed by atoms with Gasteiger partial charge < -0.3 is 31.3 Å². The highest BCUT2D eigenvalue weighted by atomic mass is 32.1. The van der Waals surface area contributed by atoms with E-state index in [-0.39, 0.29) is 10.6 Å². The average molecular weight is 407 g/mol. The van der Waals surface area contributed by atoms with E-state index in [1.807, 2.05) is 0 Å². The molecule has 0 saturated heterocycles. The SMILES string of the molecule is COc1ccc(-c2cc(NC(=O)N[C@@H](CC(N)=O)C(=O)O)c(C(=O)O)s2)cc1. The highest BCUT2D eigenvalue weighted by Gasteiger charge is 2.24. The molecule has 11 heteroatoms. The van der Waals surface area contributed by atoms with Gasteiger partial charge in [-0.15, -0.1) is 11.3 Å². The van der Waals surface area contributed by atoms with Crippen LogP contribution in [0.4, 0.5) is 10.5 Å². The number of carbonyl (C=O) groups is 4. The molecular weight excluding hydrogens is 390 g/mol. The number of rotatable bonds is 8. The second-order valence-corrected chi connectivity index (χ2v) is 6.60. The Morgan fingerprint density at radius 3 is 2.32 bits per heavy atom. The summed E-state index contributed by atoms with van der Waals surface area (Å²) in [5, 5.41) is 22.8. The van der Waals surface area contributed by atoms with Crippen molar-refractivity contribution in [2.75, 3.05) is 12.4 Å². The number of aliphatic carboxylic acids is 1. The lowest BCUT2D eigenvalue weighted by molar-refractivity contribution is -0.140. The van der Waals surface area contributed by atoms with Gasteiger partial charge in [0.2, 0.25) is 5.91 Å². The second kappa shape index (κ2) is 8.86. The van der Waals surface area contributed by atoms with Crippen LogP contribution >= 0.6 is 11.3 Å². The van der Waals surface area contributed by atoms with Gasteiger partial charge in [-0.2, -0.15) is 0 Å². The summed E-state index contributed by atoms with van der Waals surface area (Å²) in [6.45, 7) is 0. The van der Waals surface area contributed by atoms with Crippen LogP contribution < -0.4 is 21.1 Å². The number of hydrogen-bond donors (Lipinski definition) is 5. The zero-order valence-electron chi connectivity index (χ0n) is 14.6. The fourth-order valence-electron chi connectivity index (χ4n) is 2.26. The summed E-state index contributed by atoms with van der Waals surface area (Å²) >= 11 is 0.939. The van der Waals surface area contributed by atoms with Crippen molar-refractivity contribution in [1.82, 2.24) is 5.32 Å². The van der Waals surface area contributed by atoms with Gasteiger partial charge >= 0.3 is 18.0 Å². The van der Waals surface area contributed by atoms with Gasteiger partial charge in [0.1, 0.15) is 16.7 Å². The topological polar surface area (TPSA) is 168 Å². The molecule has 0 aliphatic heterocycles. The van der Waals surface area contributed by atoms with E-state index in [0.717, 1.165) is 11.3 Å². The highest BCUT2D eigenvalue weighted by molar-refractivity contribution is 7.18. The van der Waals surface area contributed by atoms with Crippen molar-refractivity contribution in [2.45, 2.75) is 12.5 Å². The first kappa shape index (κ1) is 20.7. The number of thiophene rings is 1. The van der Waals surface area contributed by atoms with Crippen LogP contribution in [0.2, 0.25) is 0 Å². The summed E-state index contributed by atoms with van der Waals surface area (Å²) in [4.78, 5) is 46.0. The molecule has 0 bridgehead atoms. The monoisotopic (exact) mass is 407 g/mol. The maximum Gasteiger partial charge on any atom is 0.348 e. The van der Waals surface area contributed by atoms with Crippen LogP contribution in [0.25, 0.3) is 10.4 Å². The standard InChI is InChI=1S/C17H17N3O7S/c1-27-9-4-2-8(3-5-9)12-6-10(14(28-12)16(24)25)19-17(26)20-11(15(22)23)7-13(18)21/h2-6,11H,7H2,1H3,(H2,18,21)(H,22,23)(H,24,25)(H2,19,20,26)/t11-/m0/s1. The Bertz CT molecular complexity index is 908. The summed E-state index contributed by atoms with van der Waals surface area (Å²) in [5.74, 6) is -2.98. The molecule has 1 aromatic heterocycles. The molecule has 2 aromatic rings. The predicted molar refractivity (Wildman–Crippen MR) is 101 cm³/mol. The summed E-state index contributed by atoms with van der Waals surface area (Å²) in [7, 11) is 1.52. The van der Waals surface area contributed by atoms with E-state index in [1.165, 1.54) is 13.2 Å². The van der Waals surface area contributed by atoms with Crippen LogP contribution in [0.15, 0.2) is 30.3 Å². The smallest absolute Gasteiger partial charge is 0.348 e. The zero-order chi connectivity index (χ0) is 20.8. The first-order valence-electron chi connectivity index (χ1n) is 7.81. The van der Waals surface area contributed by atoms with Gasteiger partial charge in [-0.3, -0.25) is 4.79 Å². The number of primary amides is 1. The predicted octanol–water partition coefficient (Wildman–Crippen LogP) is 1.57. The van der Waals surface area contributed by atoms with E-state index in [9.17, 15) is 24.3 Å². The van der Waals surface area contributed by atoms with Gasteiger partial charge in [-0.05, 0) is 35.9 Å². The number of aromatic carboxylic acids is 1. The van der Waals surface area contributed by atoms with Crippen LogP contribution in [0.5, 0.6) is 5.75 Å². The molecule has 6 N–H and O–H groups in total. The van der Waals surface area contributed by atoms with E-state index >= 15 is 0 Å². The Balaban J connectivity index is 2.22. The average Bonchev–Trinajstić information content (AvgIpc) is 3.04. The third kappa shape index (κ3) is 5.20. The Morgan fingerprint density at radius 2 is 1.82 bits per heavy atom. The van der Waals surface area contributed by atoms with Gasteiger partial charge in [-0.25, -0.2) is 14.4 Å². The largest absolute Gasteiger partial charge is 0.497 e. The van der Waals surface area contributed by atoms with Crippen molar-refractivity contribution in [3.8, 4) is 16.2 Å². The quantitative estimate of drug-likeness (QED) is 0.442. The molecule has 1 atom stereocenters. The fourth-order valence-corrected chi connectivity index (χ4v) is 3.22. The molecule has 3 amide bonds. The molecule has 1 heterocycles. The Kier molecular flexibility index (Phi) is 6.55. The molecule has 0 spiro atoms. The summed E-state index contributed by atoms with van der Waals surface area (Å²) in [6.07, 6.45) is -0.602. The Hall–Kier alpha value is -3.60. The van der Waals surface area contributed by atoms with E-state index in [0.29, 0.717) is 16.2 Å².